The van der Waals surface area contributed by atoms with Crippen LogP contribution in [-0.2, 0) is 0 Å². The highest BCUT2D eigenvalue weighted by molar-refractivity contribution is 8.25. The molecule has 0 saturated heterocycles. The van der Waals surface area contributed by atoms with Gasteiger partial charge < -0.3 is 0 Å². The Bertz CT molecular complexity index is 1150. The van der Waals surface area contributed by atoms with Crippen LogP contribution < -0.4 is 5.43 Å². The van der Waals surface area contributed by atoms with Crippen molar-refractivity contribution in [1.29, 1.82) is 0 Å². The molecular weight excluding hydrogens is 473 g/mol. The van der Waals surface area contributed by atoms with E-state index in [4.69, 9.17) is 0 Å². The summed E-state index contributed by atoms with van der Waals surface area (Å²) in [6.07, 6.45) is 4.30. The first-order chi connectivity index (χ1) is 15.6. The van der Waals surface area contributed by atoms with Crippen LogP contribution in [0.15, 0.2) is 69.8 Å². The summed E-state index contributed by atoms with van der Waals surface area (Å²) in [6, 6.07) is 17.2. The van der Waals surface area contributed by atoms with E-state index in [1.54, 1.807) is 0 Å². The minimum Gasteiger partial charge on any atom is -0.282 e. The molecule has 0 spiro atoms. The van der Waals surface area contributed by atoms with Gasteiger partial charge in [-0.1, -0.05) is 72.4 Å². The average Bonchev–Trinajstić information content (AvgIpc) is 3.50. The predicted octanol–water partition coefficient (Wildman–Crippen LogP) is 6.75. The topological polar surface area (TPSA) is 32.9 Å². The number of thioether (sulfide) groups is 2. The van der Waals surface area contributed by atoms with E-state index >= 15 is 0 Å². The third-order valence-corrected chi connectivity index (χ3v) is 10.4. The van der Waals surface area contributed by atoms with Crippen LogP contribution >= 0.6 is 46.2 Å². The standard InChI is InChI=1S/C24H22N4S4/c1-27-16-28(2)26-22(25-27)20-11-7-18(8-12-20)4-3-17-5-9-19(10-6-17)21-15-31-24(32-21)23-29-13-14-30-23/h3-15,24H,16H2,1-2H3/q+1/b4-3+. The quantitative estimate of drug-likeness (QED) is 0.290. The molecule has 1 atom stereocenters. The maximum atomic E-state index is 4.50. The Morgan fingerprint density at radius 3 is 2.25 bits per heavy atom. The molecule has 4 nitrogen and oxygen atoms in total. The molecular formula is C24H22N4S4+. The fraction of sp³-hybridized carbons (Fsp3) is 0.167. The lowest BCUT2D eigenvalue weighted by Crippen LogP contribution is -2.44. The smallest absolute Gasteiger partial charge is 0.277 e. The number of rotatable bonds is 5. The zero-order valence-electron chi connectivity index (χ0n) is 17.7. The molecule has 1 radical (unpaired) electrons. The lowest BCUT2D eigenvalue weighted by atomic mass is 10.1. The van der Waals surface area contributed by atoms with Gasteiger partial charge >= 0.3 is 0 Å². The third kappa shape index (κ3) is 5.10. The molecule has 0 fully saturated rings. The SMILES string of the molecule is CN1CN(C)N=C(c2ccc(/C=C/c3ccc(C4=CSC(c5scc[s+]5)S4)cc3)cc2)[N]1. The van der Waals surface area contributed by atoms with E-state index in [0.717, 1.165) is 17.0 Å². The number of benzene rings is 2. The first kappa shape index (κ1) is 21.7. The van der Waals surface area contributed by atoms with E-state index in [2.05, 4.69) is 87.4 Å². The Hall–Kier alpha value is -2.10. The van der Waals surface area contributed by atoms with Gasteiger partial charge in [-0.15, -0.1) is 11.8 Å². The molecule has 2 aliphatic rings. The van der Waals surface area contributed by atoms with Crippen LogP contribution in [0.1, 0.15) is 31.0 Å². The van der Waals surface area contributed by atoms with Crippen molar-refractivity contribution in [1.82, 2.24) is 15.4 Å². The van der Waals surface area contributed by atoms with Gasteiger partial charge in [0.15, 0.2) is 5.84 Å². The summed E-state index contributed by atoms with van der Waals surface area (Å²) in [5, 5.41) is 14.9. The van der Waals surface area contributed by atoms with E-state index in [9.17, 15) is 0 Å². The number of hydrogen-bond acceptors (Lipinski definition) is 6. The second-order valence-electron chi connectivity index (χ2n) is 7.45. The second kappa shape index (κ2) is 9.80. The Kier molecular flexibility index (Phi) is 6.66. The molecule has 0 saturated carbocycles. The average molecular weight is 495 g/mol. The molecule has 0 N–H and O–H groups in total. The Balaban J connectivity index is 1.22. The molecule has 5 rings (SSSR count). The fourth-order valence-corrected chi connectivity index (χ4v) is 8.34. The lowest BCUT2D eigenvalue weighted by Gasteiger charge is -2.27. The molecule has 3 heterocycles. The molecule has 161 valence electrons. The predicted molar refractivity (Wildman–Crippen MR) is 143 cm³/mol. The van der Waals surface area contributed by atoms with Crippen LogP contribution in [0.5, 0.6) is 0 Å². The fourth-order valence-electron chi connectivity index (χ4n) is 3.38. The van der Waals surface area contributed by atoms with Crippen LogP contribution in [0.4, 0.5) is 0 Å². The Labute approximate surface area is 205 Å². The molecule has 1 aromatic heterocycles. The molecule has 3 aromatic rings. The van der Waals surface area contributed by atoms with Crippen molar-refractivity contribution >= 4 is 69.1 Å². The molecule has 8 heteroatoms. The van der Waals surface area contributed by atoms with Crippen LogP contribution in [0, 0.1) is 0 Å². The zero-order valence-corrected chi connectivity index (χ0v) is 21.0. The van der Waals surface area contributed by atoms with E-state index in [1.807, 2.05) is 70.3 Å². The maximum absolute atomic E-state index is 4.50. The summed E-state index contributed by atoms with van der Waals surface area (Å²) in [4.78, 5) is 1.36. The molecule has 0 aliphatic carbocycles. The monoisotopic (exact) mass is 494 g/mol. The van der Waals surface area contributed by atoms with Gasteiger partial charge in [0, 0.05) is 24.6 Å². The largest absolute Gasteiger partial charge is 0.282 e. The Morgan fingerprint density at radius 1 is 0.938 bits per heavy atom. The van der Waals surface area contributed by atoms with Crippen molar-refractivity contribution in [3.63, 3.8) is 0 Å². The van der Waals surface area contributed by atoms with Gasteiger partial charge in [-0.3, -0.25) is 5.01 Å². The molecule has 0 amide bonds. The van der Waals surface area contributed by atoms with Crippen LogP contribution in [0.25, 0.3) is 17.1 Å². The number of hydrazone groups is 1. The summed E-state index contributed by atoms with van der Waals surface area (Å²) in [7, 11) is 3.91. The van der Waals surface area contributed by atoms with Crippen molar-refractivity contribution in [3.8, 4) is 0 Å². The highest BCUT2D eigenvalue weighted by Crippen LogP contribution is 2.56. The zero-order chi connectivity index (χ0) is 21.9. The van der Waals surface area contributed by atoms with E-state index in [-0.39, 0.29) is 0 Å². The van der Waals surface area contributed by atoms with Crippen LogP contribution in [0.2, 0.25) is 0 Å². The van der Waals surface area contributed by atoms with Gasteiger partial charge in [0.25, 0.3) is 4.19 Å². The molecule has 2 aliphatic heterocycles. The van der Waals surface area contributed by atoms with Gasteiger partial charge in [-0.25, -0.2) is 0 Å². The van der Waals surface area contributed by atoms with Gasteiger partial charge in [-0.2, -0.15) is 15.5 Å². The van der Waals surface area contributed by atoms with Gasteiger partial charge in [0.2, 0.25) is 0 Å². The number of amidine groups is 1. The minimum absolute atomic E-state index is 0.505. The van der Waals surface area contributed by atoms with Crippen molar-refractivity contribution in [3.05, 3.63) is 91.1 Å². The first-order valence-corrected chi connectivity index (χ1v) is 13.7. The summed E-state index contributed by atoms with van der Waals surface area (Å²) >= 11 is 7.57. The molecule has 32 heavy (non-hydrogen) atoms. The number of hydrogen-bond donors (Lipinski definition) is 0. The second-order valence-corrected chi connectivity index (χ2v) is 12.0. The Morgan fingerprint density at radius 2 is 1.62 bits per heavy atom. The minimum atomic E-state index is 0.505. The van der Waals surface area contributed by atoms with E-state index < -0.39 is 0 Å². The van der Waals surface area contributed by atoms with Gasteiger partial charge in [-0.05, 0) is 22.1 Å². The summed E-state index contributed by atoms with van der Waals surface area (Å²) in [6.45, 7) is 0.702. The first-order valence-electron chi connectivity index (χ1n) is 10.1. The van der Waals surface area contributed by atoms with Crippen LogP contribution in [-0.4, -0.2) is 36.6 Å². The summed E-state index contributed by atoms with van der Waals surface area (Å²) < 4.78 is 1.98. The van der Waals surface area contributed by atoms with Crippen molar-refractivity contribution < 1.29 is 0 Å². The van der Waals surface area contributed by atoms with Gasteiger partial charge in [0.1, 0.15) is 22.0 Å². The van der Waals surface area contributed by atoms with Crippen LogP contribution in [0.3, 0.4) is 0 Å². The third-order valence-electron chi connectivity index (χ3n) is 4.92. The number of nitrogens with zero attached hydrogens (tertiary/aromatic N) is 4. The summed E-state index contributed by atoms with van der Waals surface area (Å²) in [5.74, 6) is 0.742. The summed E-state index contributed by atoms with van der Waals surface area (Å²) in [5.41, 5.74) is 9.16. The molecule has 2 aromatic carbocycles. The molecule has 0 bridgehead atoms. The maximum Gasteiger partial charge on any atom is 0.277 e. The van der Waals surface area contributed by atoms with Crippen molar-refractivity contribution in [2.24, 2.45) is 5.10 Å². The van der Waals surface area contributed by atoms with Crippen molar-refractivity contribution in [2.45, 2.75) is 4.58 Å². The highest BCUT2D eigenvalue weighted by Gasteiger charge is 2.28. The van der Waals surface area contributed by atoms with E-state index in [1.165, 1.54) is 20.2 Å². The van der Waals surface area contributed by atoms with E-state index in [0.29, 0.717) is 11.3 Å². The van der Waals surface area contributed by atoms with Crippen molar-refractivity contribution in [2.75, 3.05) is 20.8 Å². The molecule has 1 unspecified atom stereocenters. The lowest BCUT2D eigenvalue weighted by molar-refractivity contribution is 0.137. The normalized spacial score (nSPS) is 19.2. The highest BCUT2D eigenvalue weighted by atomic mass is 32.2. The van der Waals surface area contributed by atoms with Gasteiger partial charge in [0.05, 0.1) is 22.7 Å².